The Bertz CT molecular complexity index is 757. The summed E-state index contributed by atoms with van der Waals surface area (Å²) in [5.41, 5.74) is 0.611. The molecule has 0 aliphatic carbocycles. The highest BCUT2D eigenvalue weighted by molar-refractivity contribution is 9.10. The van der Waals surface area contributed by atoms with Crippen LogP contribution in [0.3, 0.4) is 0 Å². The SMILES string of the molecule is CC(C)CN(CC(C)C)c1ncnc(Nc2cccc(Br)c2)c1[N+](=O)[O-]. The van der Waals surface area contributed by atoms with Crippen molar-refractivity contribution in [3.8, 4) is 0 Å². The predicted molar refractivity (Wildman–Crippen MR) is 108 cm³/mol. The van der Waals surface area contributed by atoms with E-state index in [4.69, 9.17) is 0 Å². The molecule has 0 fully saturated rings. The third-order valence-electron chi connectivity index (χ3n) is 3.54. The van der Waals surface area contributed by atoms with Gasteiger partial charge in [0.1, 0.15) is 6.33 Å². The smallest absolute Gasteiger partial charge is 0.350 e. The Kier molecular flexibility index (Phi) is 6.90. The number of benzene rings is 1. The third kappa shape index (κ3) is 5.39. The molecule has 0 aliphatic heterocycles. The highest BCUT2D eigenvalue weighted by Crippen LogP contribution is 2.34. The first-order valence-corrected chi connectivity index (χ1v) is 9.34. The topological polar surface area (TPSA) is 84.2 Å². The van der Waals surface area contributed by atoms with Gasteiger partial charge in [-0.05, 0) is 30.0 Å². The minimum Gasteiger partial charge on any atom is -0.350 e. The average Bonchev–Trinajstić information content (AvgIpc) is 2.53. The third-order valence-corrected chi connectivity index (χ3v) is 4.04. The fourth-order valence-electron chi connectivity index (χ4n) is 2.69. The minimum absolute atomic E-state index is 0.103. The van der Waals surface area contributed by atoms with Gasteiger partial charge in [0.05, 0.1) is 4.92 Å². The Hall–Kier alpha value is -2.22. The second-order valence-electron chi connectivity index (χ2n) is 6.98. The number of nitrogens with zero attached hydrogens (tertiary/aromatic N) is 4. The first kappa shape index (κ1) is 20.1. The van der Waals surface area contributed by atoms with Crippen molar-refractivity contribution < 1.29 is 4.92 Å². The molecule has 0 bridgehead atoms. The molecule has 0 spiro atoms. The Balaban J connectivity index is 2.47. The Morgan fingerprint density at radius 3 is 2.38 bits per heavy atom. The summed E-state index contributed by atoms with van der Waals surface area (Å²) in [6, 6.07) is 7.41. The summed E-state index contributed by atoms with van der Waals surface area (Å²) < 4.78 is 0.876. The maximum absolute atomic E-state index is 11.8. The lowest BCUT2D eigenvalue weighted by molar-refractivity contribution is -0.383. The molecule has 1 aromatic carbocycles. The number of nitrogens with one attached hydrogen (secondary N) is 1. The molecule has 1 N–H and O–H groups in total. The molecule has 26 heavy (non-hydrogen) atoms. The van der Waals surface area contributed by atoms with Crippen molar-refractivity contribution in [1.82, 2.24) is 9.97 Å². The molecule has 0 unspecified atom stereocenters. The van der Waals surface area contributed by atoms with Crippen LogP contribution in [0.25, 0.3) is 0 Å². The monoisotopic (exact) mass is 421 g/mol. The van der Waals surface area contributed by atoms with Crippen LogP contribution in [0.4, 0.5) is 23.0 Å². The number of nitro groups is 1. The summed E-state index contributed by atoms with van der Waals surface area (Å²) in [5, 5.41) is 14.9. The molecule has 2 rings (SSSR count). The van der Waals surface area contributed by atoms with E-state index in [0.29, 0.717) is 36.4 Å². The van der Waals surface area contributed by atoms with Gasteiger partial charge in [0.25, 0.3) is 0 Å². The molecule has 1 aromatic heterocycles. The molecule has 1 heterocycles. The van der Waals surface area contributed by atoms with Crippen LogP contribution in [0.1, 0.15) is 27.7 Å². The number of aromatic nitrogens is 2. The Morgan fingerprint density at radius 1 is 1.19 bits per heavy atom. The quantitative estimate of drug-likeness (QED) is 0.476. The van der Waals surface area contributed by atoms with Crippen molar-refractivity contribution in [3.05, 3.63) is 45.2 Å². The van der Waals surface area contributed by atoms with Crippen LogP contribution in [0.15, 0.2) is 35.1 Å². The number of hydrogen-bond acceptors (Lipinski definition) is 6. The van der Waals surface area contributed by atoms with Gasteiger partial charge < -0.3 is 10.2 Å². The van der Waals surface area contributed by atoms with Gasteiger partial charge in [-0.15, -0.1) is 0 Å². The molecule has 8 heteroatoms. The number of halogens is 1. The summed E-state index contributed by atoms with van der Waals surface area (Å²) >= 11 is 3.40. The predicted octanol–water partition coefficient (Wildman–Crippen LogP) is 5.01. The fraction of sp³-hybridized carbons (Fsp3) is 0.444. The summed E-state index contributed by atoms with van der Waals surface area (Å²) in [4.78, 5) is 21.8. The first-order chi connectivity index (χ1) is 12.3. The van der Waals surface area contributed by atoms with Crippen LogP contribution in [-0.2, 0) is 0 Å². The Morgan fingerprint density at radius 2 is 1.85 bits per heavy atom. The van der Waals surface area contributed by atoms with E-state index in [1.807, 2.05) is 29.2 Å². The van der Waals surface area contributed by atoms with Gasteiger partial charge in [-0.25, -0.2) is 9.97 Å². The number of hydrogen-bond donors (Lipinski definition) is 1. The summed E-state index contributed by atoms with van der Waals surface area (Å²) in [7, 11) is 0. The van der Waals surface area contributed by atoms with Crippen molar-refractivity contribution in [1.29, 1.82) is 0 Å². The summed E-state index contributed by atoms with van der Waals surface area (Å²) in [6.45, 7) is 9.71. The Labute approximate surface area is 162 Å². The van der Waals surface area contributed by atoms with Gasteiger partial charge in [0.15, 0.2) is 0 Å². The van der Waals surface area contributed by atoms with E-state index in [1.165, 1.54) is 6.33 Å². The molecule has 0 saturated heterocycles. The van der Waals surface area contributed by atoms with Crippen molar-refractivity contribution in [2.45, 2.75) is 27.7 Å². The van der Waals surface area contributed by atoms with Gasteiger partial charge in [-0.2, -0.15) is 0 Å². The zero-order valence-corrected chi connectivity index (χ0v) is 17.0. The van der Waals surface area contributed by atoms with Crippen LogP contribution in [0.2, 0.25) is 0 Å². The lowest BCUT2D eigenvalue weighted by Gasteiger charge is -2.27. The summed E-state index contributed by atoms with van der Waals surface area (Å²) in [5.74, 6) is 1.25. The maximum atomic E-state index is 11.8. The van der Waals surface area contributed by atoms with Gasteiger partial charge in [-0.1, -0.05) is 49.7 Å². The van der Waals surface area contributed by atoms with E-state index in [2.05, 4.69) is 58.9 Å². The van der Waals surface area contributed by atoms with E-state index < -0.39 is 4.92 Å². The van der Waals surface area contributed by atoms with Crippen molar-refractivity contribution >= 4 is 38.9 Å². The molecule has 0 saturated carbocycles. The van der Waals surface area contributed by atoms with E-state index in [-0.39, 0.29) is 11.5 Å². The molecule has 0 amide bonds. The number of anilines is 3. The maximum Gasteiger partial charge on any atom is 0.353 e. The molecular weight excluding hydrogens is 398 g/mol. The second-order valence-corrected chi connectivity index (χ2v) is 7.90. The normalized spacial score (nSPS) is 11.0. The second kappa shape index (κ2) is 8.93. The molecule has 7 nitrogen and oxygen atoms in total. The molecular formula is C18H24BrN5O2. The molecule has 0 radical (unpaired) electrons. The van der Waals surface area contributed by atoms with Gasteiger partial charge in [-0.3, -0.25) is 10.1 Å². The van der Waals surface area contributed by atoms with Gasteiger partial charge in [0.2, 0.25) is 11.6 Å². The van der Waals surface area contributed by atoms with Gasteiger partial charge in [0, 0.05) is 23.2 Å². The van der Waals surface area contributed by atoms with Crippen LogP contribution >= 0.6 is 15.9 Å². The zero-order chi connectivity index (χ0) is 19.3. The average molecular weight is 422 g/mol. The molecule has 2 aromatic rings. The molecule has 0 aliphatic rings. The lowest BCUT2D eigenvalue weighted by Crippen LogP contribution is -2.32. The largest absolute Gasteiger partial charge is 0.353 e. The van der Waals surface area contributed by atoms with Crippen LogP contribution in [-0.4, -0.2) is 28.0 Å². The number of rotatable bonds is 8. The first-order valence-electron chi connectivity index (χ1n) is 8.54. The van der Waals surface area contributed by atoms with E-state index in [0.717, 1.165) is 4.47 Å². The standard InChI is InChI=1S/C18H24BrN5O2/c1-12(2)9-23(10-13(3)4)18-16(24(25)26)17(20-11-21-18)22-15-7-5-6-14(19)8-15/h5-8,11-13H,9-10H2,1-4H3,(H,20,21,22). The highest BCUT2D eigenvalue weighted by Gasteiger charge is 2.28. The molecule has 140 valence electrons. The van der Waals surface area contributed by atoms with E-state index >= 15 is 0 Å². The lowest BCUT2D eigenvalue weighted by atomic mass is 10.1. The van der Waals surface area contributed by atoms with Crippen LogP contribution < -0.4 is 10.2 Å². The van der Waals surface area contributed by atoms with Crippen LogP contribution in [0, 0.1) is 22.0 Å². The van der Waals surface area contributed by atoms with Crippen LogP contribution in [0.5, 0.6) is 0 Å². The zero-order valence-electron chi connectivity index (χ0n) is 15.4. The fourth-order valence-corrected chi connectivity index (χ4v) is 3.09. The highest BCUT2D eigenvalue weighted by atomic mass is 79.9. The minimum atomic E-state index is -0.413. The van der Waals surface area contributed by atoms with Crippen molar-refractivity contribution in [2.24, 2.45) is 11.8 Å². The van der Waals surface area contributed by atoms with Crippen molar-refractivity contribution in [3.63, 3.8) is 0 Å². The van der Waals surface area contributed by atoms with E-state index in [9.17, 15) is 10.1 Å². The summed E-state index contributed by atoms with van der Waals surface area (Å²) in [6.07, 6.45) is 1.37. The van der Waals surface area contributed by atoms with Gasteiger partial charge >= 0.3 is 5.69 Å². The van der Waals surface area contributed by atoms with E-state index in [1.54, 1.807) is 0 Å². The van der Waals surface area contributed by atoms with Crippen molar-refractivity contribution in [2.75, 3.05) is 23.3 Å². The molecule has 0 atom stereocenters.